The Bertz CT molecular complexity index is 382. The lowest BCUT2D eigenvalue weighted by Gasteiger charge is -2.11. The molecule has 0 bridgehead atoms. The maximum Gasteiger partial charge on any atom is 0.412 e. The first-order valence-electron chi connectivity index (χ1n) is 4.57. The molecule has 1 rings (SSSR count). The highest BCUT2D eigenvalue weighted by Gasteiger charge is 2.09. The van der Waals surface area contributed by atoms with Crippen LogP contribution in [0.15, 0.2) is 36.9 Å². The molecule has 0 aliphatic rings. The van der Waals surface area contributed by atoms with Gasteiger partial charge in [-0.1, -0.05) is 30.3 Å². The molecule has 5 heteroatoms. The quantitative estimate of drug-likeness (QED) is 0.662. The van der Waals surface area contributed by atoms with Crippen LogP contribution in [-0.4, -0.2) is 18.1 Å². The molecule has 0 aliphatic carbocycles. The molecule has 1 aromatic rings. The fraction of sp³-hybridized carbons (Fsp3) is 0.182. The highest BCUT2D eigenvalue weighted by Crippen LogP contribution is 2.15. The first-order chi connectivity index (χ1) is 7.65. The molecule has 1 N–H and O–H groups in total. The van der Waals surface area contributed by atoms with Gasteiger partial charge in [0, 0.05) is 10.7 Å². The molecule has 0 radical (unpaired) electrons. The smallest absolute Gasteiger partial charge is 0.412 e. The summed E-state index contributed by atoms with van der Waals surface area (Å²) in [7, 11) is 0. The first kappa shape index (κ1) is 12.9. The molecule has 0 unspecified atom stereocenters. The summed E-state index contributed by atoms with van der Waals surface area (Å²) in [6.07, 6.45) is 0.374. The normalized spacial score (nSPS) is 11.6. The molecule has 1 atom stereocenters. The van der Waals surface area contributed by atoms with Gasteiger partial charge in [0.1, 0.15) is 6.10 Å². The molecular formula is C11H11Cl2NO2. The number of hydrogen-bond acceptors (Lipinski definition) is 2. The van der Waals surface area contributed by atoms with Crippen molar-refractivity contribution in [3.63, 3.8) is 0 Å². The number of halogens is 2. The zero-order valence-electron chi connectivity index (χ0n) is 8.45. The Morgan fingerprint density at radius 2 is 2.38 bits per heavy atom. The number of hydrogen-bond donors (Lipinski definition) is 1. The van der Waals surface area contributed by atoms with Crippen LogP contribution in [0.25, 0.3) is 0 Å². The number of benzene rings is 1. The van der Waals surface area contributed by atoms with Gasteiger partial charge in [0.05, 0.1) is 5.88 Å². The topological polar surface area (TPSA) is 38.3 Å². The summed E-state index contributed by atoms with van der Waals surface area (Å²) in [6.45, 7) is 3.50. The number of ether oxygens (including phenoxy) is 1. The van der Waals surface area contributed by atoms with Crippen LogP contribution < -0.4 is 5.32 Å². The number of amides is 1. The third-order valence-electron chi connectivity index (χ3n) is 1.74. The molecule has 0 heterocycles. The van der Waals surface area contributed by atoms with Crippen molar-refractivity contribution in [3.05, 3.63) is 41.9 Å². The maximum absolute atomic E-state index is 11.4. The average molecular weight is 260 g/mol. The Hall–Kier alpha value is -1.19. The molecule has 0 saturated carbocycles. The lowest BCUT2D eigenvalue weighted by molar-refractivity contribution is 0.143. The zero-order chi connectivity index (χ0) is 12.0. The van der Waals surface area contributed by atoms with Crippen molar-refractivity contribution in [2.45, 2.75) is 6.10 Å². The SMILES string of the molecule is C=C[C@H](CCl)OC(=O)Nc1cccc(Cl)c1. The number of nitrogens with one attached hydrogen (secondary N) is 1. The van der Waals surface area contributed by atoms with Gasteiger partial charge in [-0.15, -0.1) is 11.6 Å². The van der Waals surface area contributed by atoms with E-state index in [9.17, 15) is 4.79 Å². The van der Waals surface area contributed by atoms with Crippen molar-refractivity contribution >= 4 is 35.0 Å². The summed E-state index contributed by atoms with van der Waals surface area (Å²) < 4.78 is 4.95. The van der Waals surface area contributed by atoms with Crippen molar-refractivity contribution in [2.75, 3.05) is 11.2 Å². The van der Waals surface area contributed by atoms with Gasteiger partial charge in [-0.25, -0.2) is 4.79 Å². The van der Waals surface area contributed by atoms with Crippen LogP contribution in [-0.2, 0) is 4.74 Å². The zero-order valence-corrected chi connectivity index (χ0v) is 9.96. The Morgan fingerprint density at radius 3 is 2.94 bits per heavy atom. The van der Waals surface area contributed by atoms with Crippen molar-refractivity contribution < 1.29 is 9.53 Å². The highest BCUT2D eigenvalue weighted by atomic mass is 35.5. The second-order valence-electron chi connectivity index (χ2n) is 2.97. The molecule has 0 fully saturated rings. The molecule has 0 aliphatic heterocycles. The Morgan fingerprint density at radius 1 is 1.62 bits per heavy atom. The van der Waals surface area contributed by atoms with E-state index in [1.165, 1.54) is 6.08 Å². The Balaban J connectivity index is 2.54. The van der Waals surface area contributed by atoms with Crippen molar-refractivity contribution in [1.82, 2.24) is 0 Å². The number of rotatable bonds is 4. The van der Waals surface area contributed by atoms with Gasteiger partial charge in [-0.3, -0.25) is 5.32 Å². The second-order valence-corrected chi connectivity index (χ2v) is 3.71. The van der Waals surface area contributed by atoms with Gasteiger partial charge in [0.25, 0.3) is 0 Å². The molecule has 1 aromatic carbocycles. The predicted molar refractivity (Wildman–Crippen MR) is 66.3 cm³/mol. The van der Waals surface area contributed by atoms with E-state index in [0.29, 0.717) is 10.7 Å². The van der Waals surface area contributed by atoms with Gasteiger partial charge in [0.15, 0.2) is 0 Å². The average Bonchev–Trinajstić information content (AvgIpc) is 2.26. The number of anilines is 1. The lowest BCUT2D eigenvalue weighted by atomic mass is 10.3. The lowest BCUT2D eigenvalue weighted by Crippen LogP contribution is -2.21. The summed E-state index contributed by atoms with van der Waals surface area (Å²) in [5.41, 5.74) is 0.565. The molecule has 16 heavy (non-hydrogen) atoms. The summed E-state index contributed by atoms with van der Waals surface area (Å²) in [4.78, 5) is 11.4. The van der Waals surface area contributed by atoms with Crippen molar-refractivity contribution in [1.29, 1.82) is 0 Å². The highest BCUT2D eigenvalue weighted by molar-refractivity contribution is 6.30. The van der Waals surface area contributed by atoms with Gasteiger partial charge in [-0.05, 0) is 18.2 Å². The first-order valence-corrected chi connectivity index (χ1v) is 5.48. The largest absolute Gasteiger partial charge is 0.440 e. The van der Waals surface area contributed by atoms with E-state index in [1.54, 1.807) is 24.3 Å². The summed E-state index contributed by atoms with van der Waals surface area (Å²) in [5.74, 6) is 0.173. The third kappa shape index (κ3) is 4.13. The van der Waals surface area contributed by atoms with Gasteiger partial charge < -0.3 is 4.74 Å². The van der Waals surface area contributed by atoms with E-state index in [0.717, 1.165) is 0 Å². The van der Waals surface area contributed by atoms with E-state index in [4.69, 9.17) is 27.9 Å². The van der Waals surface area contributed by atoms with E-state index < -0.39 is 12.2 Å². The minimum Gasteiger partial charge on any atom is -0.440 e. The van der Waals surface area contributed by atoms with E-state index in [2.05, 4.69) is 11.9 Å². The van der Waals surface area contributed by atoms with E-state index in [-0.39, 0.29) is 5.88 Å². The van der Waals surface area contributed by atoms with E-state index >= 15 is 0 Å². The molecule has 0 spiro atoms. The monoisotopic (exact) mass is 259 g/mol. The molecular weight excluding hydrogens is 249 g/mol. The van der Waals surface area contributed by atoms with Crippen molar-refractivity contribution in [2.24, 2.45) is 0 Å². The van der Waals surface area contributed by atoms with Crippen LogP contribution in [0.2, 0.25) is 5.02 Å². The predicted octanol–water partition coefficient (Wildman–Crippen LogP) is 3.68. The maximum atomic E-state index is 11.4. The Labute approximate surface area is 104 Å². The molecule has 0 aromatic heterocycles. The summed E-state index contributed by atoms with van der Waals surface area (Å²) in [6, 6.07) is 6.76. The second kappa shape index (κ2) is 6.40. The van der Waals surface area contributed by atoms with Crippen LogP contribution in [0.3, 0.4) is 0 Å². The minimum atomic E-state index is -0.590. The van der Waals surface area contributed by atoms with Crippen LogP contribution in [0.4, 0.5) is 10.5 Å². The van der Waals surface area contributed by atoms with Crippen LogP contribution in [0.1, 0.15) is 0 Å². The summed E-state index contributed by atoms with van der Waals surface area (Å²) >= 11 is 11.3. The van der Waals surface area contributed by atoms with Crippen LogP contribution >= 0.6 is 23.2 Å². The van der Waals surface area contributed by atoms with Crippen molar-refractivity contribution in [3.8, 4) is 0 Å². The van der Waals surface area contributed by atoms with Gasteiger partial charge >= 0.3 is 6.09 Å². The molecule has 3 nitrogen and oxygen atoms in total. The standard InChI is InChI=1S/C11H11Cl2NO2/c1-2-10(7-12)16-11(15)14-9-5-3-4-8(13)6-9/h2-6,10H,1,7H2,(H,14,15)/t10-/m1/s1. The van der Waals surface area contributed by atoms with Crippen LogP contribution in [0, 0.1) is 0 Å². The number of carbonyl (C=O) groups is 1. The molecule has 0 saturated heterocycles. The third-order valence-corrected chi connectivity index (χ3v) is 2.28. The van der Waals surface area contributed by atoms with Gasteiger partial charge in [-0.2, -0.15) is 0 Å². The van der Waals surface area contributed by atoms with Crippen LogP contribution in [0.5, 0.6) is 0 Å². The van der Waals surface area contributed by atoms with E-state index in [1.807, 2.05) is 0 Å². The summed E-state index contributed by atoms with van der Waals surface area (Å²) in [5, 5.41) is 3.07. The number of carbonyl (C=O) groups excluding carboxylic acids is 1. The van der Waals surface area contributed by atoms with Gasteiger partial charge in [0.2, 0.25) is 0 Å². The number of alkyl halides is 1. The fourth-order valence-electron chi connectivity index (χ4n) is 0.994. The molecule has 1 amide bonds. The Kier molecular flexibility index (Phi) is 5.15. The fourth-order valence-corrected chi connectivity index (χ4v) is 1.37. The molecule has 86 valence electrons. The minimum absolute atomic E-state index is 0.173.